The third kappa shape index (κ3) is 4.15. The highest BCUT2D eigenvalue weighted by atomic mass is 16.1. The maximum Gasteiger partial charge on any atom is 0.258 e. The number of nitrogens with one attached hydrogen (secondary N) is 2. The highest BCUT2D eigenvalue weighted by Gasteiger charge is 2.02. The predicted molar refractivity (Wildman–Crippen MR) is 81.9 cm³/mol. The van der Waals surface area contributed by atoms with Gasteiger partial charge in [-0.25, -0.2) is 4.98 Å². The van der Waals surface area contributed by atoms with Gasteiger partial charge >= 0.3 is 0 Å². The van der Waals surface area contributed by atoms with E-state index in [1.54, 1.807) is 6.07 Å². The van der Waals surface area contributed by atoms with E-state index < -0.39 is 0 Å². The zero-order valence-electron chi connectivity index (χ0n) is 12.1. The number of rotatable bonds is 7. The molecule has 0 radical (unpaired) electrons. The molecule has 1 aromatic heterocycles. The summed E-state index contributed by atoms with van der Waals surface area (Å²) in [7, 11) is 4.16. The van der Waals surface area contributed by atoms with E-state index in [0.717, 1.165) is 25.0 Å². The molecule has 0 bridgehead atoms. The van der Waals surface area contributed by atoms with Crippen LogP contribution in [-0.4, -0.2) is 42.1 Å². The van der Waals surface area contributed by atoms with E-state index in [1.165, 1.54) is 6.42 Å². The quantitative estimate of drug-likeness (QED) is 0.748. The minimum atomic E-state index is -0.0694. The molecule has 2 N–H and O–H groups in total. The summed E-state index contributed by atoms with van der Waals surface area (Å²) >= 11 is 0. The van der Waals surface area contributed by atoms with Gasteiger partial charge in [0.1, 0.15) is 5.82 Å². The zero-order chi connectivity index (χ0) is 14.4. The Bertz CT molecular complexity index is 606. The SMILES string of the molecule is CN(C)CCCCNCc1nc2ccccc2c(=O)[nH]1. The standard InChI is InChI=1S/C15H22N4O/c1-19(2)10-6-5-9-16-11-14-17-13-8-4-3-7-12(13)15(20)18-14/h3-4,7-8,16H,5-6,9-11H2,1-2H3,(H,17,18,20). The molecular weight excluding hydrogens is 252 g/mol. The Morgan fingerprint density at radius 2 is 2.05 bits per heavy atom. The highest BCUT2D eigenvalue weighted by Crippen LogP contribution is 2.05. The average molecular weight is 274 g/mol. The van der Waals surface area contributed by atoms with Gasteiger partial charge in [-0.15, -0.1) is 0 Å². The van der Waals surface area contributed by atoms with Crippen LogP contribution in [0.25, 0.3) is 10.9 Å². The molecule has 2 rings (SSSR count). The van der Waals surface area contributed by atoms with Crippen LogP contribution in [-0.2, 0) is 6.54 Å². The fourth-order valence-electron chi connectivity index (χ4n) is 2.10. The number of hydrogen-bond donors (Lipinski definition) is 2. The minimum Gasteiger partial charge on any atom is -0.310 e. The molecule has 0 aliphatic rings. The highest BCUT2D eigenvalue weighted by molar-refractivity contribution is 5.77. The normalized spacial score (nSPS) is 11.3. The van der Waals surface area contributed by atoms with Crippen LogP contribution in [0, 0.1) is 0 Å². The monoisotopic (exact) mass is 274 g/mol. The van der Waals surface area contributed by atoms with E-state index in [9.17, 15) is 4.79 Å². The molecule has 0 spiro atoms. The van der Waals surface area contributed by atoms with Crippen molar-refractivity contribution < 1.29 is 0 Å². The van der Waals surface area contributed by atoms with Crippen LogP contribution in [0.15, 0.2) is 29.1 Å². The molecule has 0 aliphatic heterocycles. The van der Waals surface area contributed by atoms with Crippen LogP contribution in [0.5, 0.6) is 0 Å². The smallest absolute Gasteiger partial charge is 0.258 e. The minimum absolute atomic E-state index is 0.0694. The second-order valence-corrected chi connectivity index (χ2v) is 5.22. The van der Waals surface area contributed by atoms with Gasteiger partial charge < -0.3 is 15.2 Å². The second kappa shape index (κ2) is 7.17. The molecule has 0 aliphatic carbocycles. The van der Waals surface area contributed by atoms with Crippen LogP contribution >= 0.6 is 0 Å². The van der Waals surface area contributed by atoms with Gasteiger partial charge in [0.15, 0.2) is 0 Å². The van der Waals surface area contributed by atoms with Gasteiger partial charge in [0.05, 0.1) is 17.4 Å². The number of unbranched alkanes of at least 4 members (excludes halogenated alkanes) is 1. The molecule has 0 unspecified atom stereocenters. The molecule has 1 heterocycles. The van der Waals surface area contributed by atoms with E-state index in [4.69, 9.17) is 0 Å². The van der Waals surface area contributed by atoms with Gasteiger partial charge in [-0.1, -0.05) is 12.1 Å². The maximum absolute atomic E-state index is 11.9. The molecule has 0 fully saturated rings. The Kier molecular flexibility index (Phi) is 5.26. The van der Waals surface area contributed by atoms with Gasteiger partial charge in [0, 0.05) is 0 Å². The molecule has 108 valence electrons. The summed E-state index contributed by atoms with van der Waals surface area (Å²) in [6.45, 7) is 2.64. The third-order valence-corrected chi connectivity index (χ3v) is 3.16. The summed E-state index contributed by atoms with van der Waals surface area (Å²) in [6, 6.07) is 7.40. The van der Waals surface area contributed by atoms with Gasteiger partial charge in [-0.05, 0) is 52.2 Å². The molecule has 1 aromatic carbocycles. The molecular formula is C15H22N4O. The van der Waals surface area contributed by atoms with Crippen molar-refractivity contribution in [1.29, 1.82) is 0 Å². The van der Waals surface area contributed by atoms with Crippen molar-refractivity contribution in [3.05, 3.63) is 40.4 Å². The Morgan fingerprint density at radius 3 is 2.85 bits per heavy atom. The van der Waals surface area contributed by atoms with Crippen LogP contribution in [0.2, 0.25) is 0 Å². The van der Waals surface area contributed by atoms with Crippen molar-refractivity contribution in [3.8, 4) is 0 Å². The zero-order valence-corrected chi connectivity index (χ0v) is 12.1. The predicted octanol–water partition coefficient (Wildman–Crippen LogP) is 1.35. The number of nitrogens with zero attached hydrogens (tertiary/aromatic N) is 2. The molecule has 0 saturated carbocycles. The second-order valence-electron chi connectivity index (χ2n) is 5.22. The average Bonchev–Trinajstić information content (AvgIpc) is 2.42. The number of aromatic nitrogens is 2. The number of H-pyrrole nitrogens is 1. The third-order valence-electron chi connectivity index (χ3n) is 3.16. The summed E-state index contributed by atoms with van der Waals surface area (Å²) in [5.41, 5.74) is 0.681. The Hall–Kier alpha value is -1.72. The molecule has 0 atom stereocenters. The van der Waals surface area contributed by atoms with E-state index in [2.05, 4.69) is 34.3 Å². The van der Waals surface area contributed by atoms with Gasteiger partial charge in [-0.2, -0.15) is 0 Å². The summed E-state index contributed by atoms with van der Waals surface area (Å²) < 4.78 is 0. The van der Waals surface area contributed by atoms with E-state index in [0.29, 0.717) is 17.8 Å². The van der Waals surface area contributed by atoms with Crippen molar-refractivity contribution in [3.63, 3.8) is 0 Å². The van der Waals surface area contributed by atoms with Gasteiger partial charge in [0.25, 0.3) is 5.56 Å². The summed E-state index contributed by atoms with van der Waals surface area (Å²) in [5.74, 6) is 0.696. The van der Waals surface area contributed by atoms with Crippen LogP contribution in [0.3, 0.4) is 0 Å². The lowest BCUT2D eigenvalue weighted by molar-refractivity contribution is 0.391. The molecule has 5 nitrogen and oxygen atoms in total. The Labute approximate surface area is 119 Å². The Balaban J connectivity index is 1.86. The fraction of sp³-hybridized carbons (Fsp3) is 0.467. The summed E-state index contributed by atoms with van der Waals surface area (Å²) in [6.07, 6.45) is 2.29. The first kappa shape index (κ1) is 14.7. The van der Waals surface area contributed by atoms with E-state index >= 15 is 0 Å². The lowest BCUT2D eigenvalue weighted by atomic mass is 10.2. The van der Waals surface area contributed by atoms with Crippen molar-refractivity contribution in [1.82, 2.24) is 20.2 Å². The number of hydrogen-bond acceptors (Lipinski definition) is 4. The first-order valence-corrected chi connectivity index (χ1v) is 7.00. The molecule has 2 aromatic rings. The van der Waals surface area contributed by atoms with E-state index in [1.807, 2.05) is 18.2 Å². The maximum atomic E-state index is 11.9. The van der Waals surface area contributed by atoms with Crippen molar-refractivity contribution in [2.75, 3.05) is 27.2 Å². The van der Waals surface area contributed by atoms with E-state index in [-0.39, 0.29) is 5.56 Å². The Morgan fingerprint density at radius 1 is 1.25 bits per heavy atom. The van der Waals surface area contributed by atoms with Crippen LogP contribution < -0.4 is 10.9 Å². The number of aromatic amines is 1. The molecule has 0 amide bonds. The summed E-state index contributed by atoms with van der Waals surface area (Å²) in [4.78, 5) is 21.3. The molecule has 0 saturated heterocycles. The number of para-hydroxylation sites is 1. The lowest BCUT2D eigenvalue weighted by Crippen LogP contribution is -2.21. The van der Waals surface area contributed by atoms with Crippen molar-refractivity contribution >= 4 is 10.9 Å². The first-order valence-electron chi connectivity index (χ1n) is 7.00. The lowest BCUT2D eigenvalue weighted by Gasteiger charge is -2.09. The topological polar surface area (TPSA) is 61.0 Å². The van der Waals surface area contributed by atoms with Crippen LogP contribution in [0.4, 0.5) is 0 Å². The molecule has 20 heavy (non-hydrogen) atoms. The van der Waals surface area contributed by atoms with Crippen LogP contribution in [0.1, 0.15) is 18.7 Å². The number of benzene rings is 1. The number of fused-ring (bicyclic) bond motifs is 1. The summed E-state index contributed by atoms with van der Waals surface area (Å²) in [5, 5.41) is 3.96. The molecule has 5 heteroatoms. The van der Waals surface area contributed by atoms with Crippen molar-refractivity contribution in [2.24, 2.45) is 0 Å². The van der Waals surface area contributed by atoms with Gasteiger partial charge in [0.2, 0.25) is 0 Å². The van der Waals surface area contributed by atoms with Gasteiger partial charge in [-0.3, -0.25) is 4.79 Å². The first-order chi connectivity index (χ1) is 9.66. The largest absolute Gasteiger partial charge is 0.310 e. The van der Waals surface area contributed by atoms with Crippen molar-refractivity contribution in [2.45, 2.75) is 19.4 Å². The fourth-order valence-corrected chi connectivity index (χ4v) is 2.10.